The third kappa shape index (κ3) is 7.42. The number of aliphatic hydroxyl groups excluding tert-OH is 7. The van der Waals surface area contributed by atoms with Crippen LogP contribution in [0.15, 0.2) is 0 Å². The van der Waals surface area contributed by atoms with Crippen LogP contribution < -0.4 is 11.1 Å². The maximum atomic E-state index is 12.0. The average molecular weight is 609 g/mol. The molecule has 40 heavy (non-hydrogen) atoms. The number of nitrogens with one attached hydrogen (secondary N) is 1. The molecule has 0 saturated carbocycles. The molecular formula is C20H36N2O17S. The number of rotatable bonds is 9. The van der Waals surface area contributed by atoms with Crippen LogP contribution in [0, 0.1) is 0 Å². The summed E-state index contributed by atoms with van der Waals surface area (Å²) in [6, 6.07) is -1.30. The van der Waals surface area contributed by atoms with Gasteiger partial charge in [0, 0.05) is 6.92 Å². The molecule has 0 bridgehead atoms. The van der Waals surface area contributed by atoms with Gasteiger partial charge in [0.2, 0.25) is 5.91 Å². The fraction of sp³-hybridized carbons (Fsp3) is 0.950. The number of ether oxygens (including phenoxy) is 5. The molecule has 19 nitrogen and oxygen atoms in total. The average Bonchev–Trinajstić information content (AvgIpc) is 2.87. The summed E-state index contributed by atoms with van der Waals surface area (Å²) in [5.74, 6) is -0.633. The number of carbonyl (C=O) groups excluding carboxylic acids is 1. The molecule has 3 heterocycles. The van der Waals surface area contributed by atoms with Crippen molar-refractivity contribution in [3.05, 3.63) is 0 Å². The van der Waals surface area contributed by atoms with Crippen LogP contribution in [0.4, 0.5) is 0 Å². The van der Waals surface area contributed by atoms with E-state index in [2.05, 4.69) is 9.50 Å². The Morgan fingerprint density at radius 3 is 1.95 bits per heavy atom. The van der Waals surface area contributed by atoms with Crippen molar-refractivity contribution in [3.8, 4) is 0 Å². The van der Waals surface area contributed by atoms with Crippen molar-refractivity contribution < 1.29 is 81.4 Å². The van der Waals surface area contributed by atoms with Crippen molar-refractivity contribution in [2.24, 2.45) is 5.73 Å². The van der Waals surface area contributed by atoms with Crippen molar-refractivity contribution in [2.75, 3.05) is 13.2 Å². The van der Waals surface area contributed by atoms with Gasteiger partial charge >= 0.3 is 10.4 Å². The number of hydrogen-bond acceptors (Lipinski definition) is 17. The highest BCUT2D eigenvalue weighted by Crippen LogP contribution is 2.33. The van der Waals surface area contributed by atoms with Crippen LogP contribution in [-0.2, 0) is 43.1 Å². The van der Waals surface area contributed by atoms with E-state index in [1.807, 2.05) is 0 Å². The van der Waals surface area contributed by atoms with Crippen molar-refractivity contribution in [3.63, 3.8) is 0 Å². The zero-order chi connectivity index (χ0) is 30.1. The summed E-state index contributed by atoms with van der Waals surface area (Å²) >= 11 is 0. The molecule has 0 aliphatic carbocycles. The lowest BCUT2D eigenvalue weighted by molar-refractivity contribution is -0.359. The second kappa shape index (κ2) is 13.4. The van der Waals surface area contributed by atoms with Crippen LogP contribution in [0.2, 0.25) is 0 Å². The van der Waals surface area contributed by atoms with Gasteiger partial charge in [-0.25, -0.2) is 4.18 Å². The fourth-order valence-corrected chi connectivity index (χ4v) is 5.20. The van der Waals surface area contributed by atoms with Gasteiger partial charge in [-0.1, -0.05) is 0 Å². The lowest BCUT2D eigenvalue weighted by Gasteiger charge is -2.49. The Morgan fingerprint density at radius 1 is 0.825 bits per heavy atom. The zero-order valence-corrected chi connectivity index (χ0v) is 22.1. The van der Waals surface area contributed by atoms with E-state index in [0.29, 0.717) is 0 Å². The van der Waals surface area contributed by atoms with E-state index in [4.69, 9.17) is 34.0 Å². The molecule has 0 unspecified atom stereocenters. The predicted octanol–water partition coefficient (Wildman–Crippen LogP) is -6.61. The Balaban J connectivity index is 1.97. The molecule has 20 heteroatoms. The normalized spacial score (nSPS) is 46.6. The van der Waals surface area contributed by atoms with Gasteiger partial charge < -0.3 is 70.5 Å². The first-order valence-electron chi connectivity index (χ1n) is 12.2. The van der Waals surface area contributed by atoms with Crippen molar-refractivity contribution in [2.45, 2.75) is 106 Å². The van der Waals surface area contributed by atoms with Crippen LogP contribution in [-0.4, -0.2) is 160 Å². The van der Waals surface area contributed by atoms with Gasteiger partial charge in [-0.05, 0) is 6.92 Å². The van der Waals surface area contributed by atoms with Crippen LogP contribution in [0.1, 0.15) is 13.8 Å². The highest BCUT2D eigenvalue weighted by molar-refractivity contribution is 7.80. The molecule has 15 atom stereocenters. The molecule has 0 aromatic rings. The van der Waals surface area contributed by atoms with E-state index in [-0.39, 0.29) is 0 Å². The minimum absolute atomic E-state index is 0.633. The van der Waals surface area contributed by atoms with Crippen molar-refractivity contribution >= 4 is 16.3 Å². The second-order valence-corrected chi connectivity index (χ2v) is 10.7. The van der Waals surface area contributed by atoms with Gasteiger partial charge in [-0.3, -0.25) is 9.35 Å². The third-order valence-electron chi connectivity index (χ3n) is 6.73. The van der Waals surface area contributed by atoms with Gasteiger partial charge in [-0.15, -0.1) is 0 Å². The maximum Gasteiger partial charge on any atom is 0.397 e. The Morgan fingerprint density at radius 2 is 1.40 bits per heavy atom. The van der Waals surface area contributed by atoms with Crippen LogP contribution >= 0.6 is 0 Å². The molecule has 3 rings (SSSR count). The summed E-state index contributed by atoms with van der Waals surface area (Å²) in [7, 11) is -5.23. The second-order valence-electron chi connectivity index (χ2n) is 9.63. The summed E-state index contributed by atoms with van der Waals surface area (Å²) in [6.07, 6.45) is -23.4. The largest absolute Gasteiger partial charge is 0.397 e. The predicted molar refractivity (Wildman–Crippen MR) is 124 cm³/mol. The summed E-state index contributed by atoms with van der Waals surface area (Å²) < 4.78 is 64.1. The minimum atomic E-state index is -5.23. The van der Waals surface area contributed by atoms with Crippen LogP contribution in [0.5, 0.6) is 0 Å². The first-order valence-corrected chi connectivity index (χ1v) is 13.5. The summed E-state index contributed by atoms with van der Waals surface area (Å²) in [5, 5.41) is 73.8. The molecule has 0 aromatic heterocycles. The minimum Gasteiger partial charge on any atom is -0.394 e. The number of hydrogen-bond donors (Lipinski definition) is 10. The van der Waals surface area contributed by atoms with Gasteiger partial charge in [0.05, 0.1) is 25.4 Å². The molecule has 234 valence electrons. The van der Waals surface area contributed by atoms with E-state index in [1.54, 1.807) is 0 Å². The lowest BCUT2D eigenvalue weighted by atomic mass is 9.94. The molecule has 0 spiro atoms. The summed E-state index contributed by atoms with van der Waals surface area (Å²) in [6.45, 7) is 0.772. The topological polar surface area (TPSA) is 306 Å². The molecule has 0 aromatic carbocycles. The lowest BCUT2D eigenvalue weighted by Crippen LogP contribution is -2.71. The monoisotopic (exact) mass is 608 g/mol. The standard InChI is InChI=1S/C20H36N2O17S/c1-5-10(26)12(28)13(29)19(34-5)38-16-9(22-6(2)25)18(21)35-8(4-24)15(16)37-20-14(30)17(39-40(31,32)33)11(27)7(3-23)36-20/h5,7-20,23-24,26-30H,3-4,21H2,1-2H3,(H,22,25)(H,31,32,33)/t5-,7+,8+,9+,10+,11-,12+,13-,14+,15+,16+,17-,18+,19-,20-/m0/s1. The first kappa shape index (κ1) is 33.3. The van der Waals surface area contributed by atoms with E-state index in [9.17, 15) is 49.0 Å². The number of amides is 1. The van der Waals surface area contributed by atoms with Crippen molar-refractivity contribution in [1.29, 1.82) is 0 Å². The van der Waals surface area contributed by atoms with E-state index in [0.717, 1.165) is 6.92 Å². The molecule has 1 amide bonds. The number of nitrogens with two attached hydrogens (primary N) is 1. The molecule has 11 N–H and O–H groups in total. The fourth-order valence-electron chi connectivity index (χ4n) is 4.69. The molecule has 3 aliphatic heterocycles. The first-order chi connectivity index (χ1) is 18.6. The quantitative estimate of drug-likeness (QED) is 0.109. The van der Waals surface area contributed by atoms with E-state index in [1.165, 1.54) is 6.92 Å². The van der Waals surface area contributed by atoms with Gasteiger partial charge in [0.1, 0.15) is 67.3 Å². The Kier molecular flexibility index (Phi) is 11.2. The summed E-state index contributed by atoms with van der Waals surface area (Å²) in [5.41, 5.74) is 6.04. The van der Waals surface area contributed by atoms with Crippen LogP contribution in [0.3, 0.4) is 0 Å². The molecule has 3 fully saturated rings. The summed E-state index contributed by atoms with van der Waals surface area (Å²) in [4.78, 5) is 12.0. The number of aliphatic hydroxyl groups is 7. The zero-order valence-electron chi connectivity index (χ0n) is 21.3. The maximum absolute atomic E-state index is 12.0. The smallest absolute Gasteiger partial charge is 0.394 e. The molecule has 3 aliphatic rings. The Bertz CT molecular complexity index is 959. The molecular weight excluding hydrogens is 572 g/mol. The number of carbonyl (C=O) groups is 1. The van der Waals surface area contributed by atoms with Gasteiger partial charge in [-0.2, -0.15) is 8.42 Å². The van der Waals surface area contributed by atoms with Crippen molar-refractivity contribution in [1.82, 2.24) is 5.32 Å². The Hall–Kier alpha value is -1.18. The van der Waals surface area contributed by atoms with Gasteiger partial charge in [0.15, 0.2) is 12.6 Å². The SMILES string of the molecule is CC(=O)N[C@@H]1[C@@H](O[C@@H]2O[C@@H](C)[C@@H](O)[C@@H](O)[C@@H]2O)[C@H](O[C@@H]2O[C@H](CO)[C@H](O)[C@H](OS(=O)(=O)O)[C@H]2O)[C@@H](CO)O[C@H]1N. The van der Waals surface area contributed by atoms with Gasteiger partial charge in [0.25, 0.3) is 0 Å². The Labute approximate surface area is 228 Å². The van der Waals surface area contributed by atoms with E-state index >= 15 is 0 Å². The molecule has 3 saturated heterocycles. The van der Waals surface area contributed by atoms with Crippen LogP contribution in [0.25, 0.3) is 0 Å². The third-order valence-corrected chi connectivity index (χ3v) is 7.19. The highest BCUT2D eigenvalue weighted by atomic mass is 32.3. The molecule has 0 radical (unpaired) electrons. The highest BCUT2D eigenvalue weighted by Gasteiger charge is 2.54. The van der Waals surface area contributed by atoms with E-state index < -0.39 is 122 Å².